The highest BCUT2D eigenvalue weighted by Crippen LogP contribution is 2.29. The number of rotatable bonds is 6. The Hall–Kier alpha value is -1.08. The molecule has 8 heteroatoms. The molecule has 2 rings (SSSR count). The van der Waals surface area contributed by atoms with Crippen molar-refractivity contribution in [3.05, 3.63) is 28.5 Å². The number of carbonyl (C=O) groups is 1. The summed E-state index contributed by atoms with van der Waals surface area (Å²) in [6.07, 6.45) is 0.865. The van der Waals surface area contributed by atoms with Gasteiger partial charge in [-0.15, -0.1) is 36.2 Å². The Balaban J connectivity index is 0.00000264. The molecule has 0 aliphatic carbocycles. The molecule has 0 saturated heterocycles. The molecule has 1 unspecified atom stereocenters. The average molecular weight is 394 g/mol. The van der Waals surface area contributed by atoms with E-state index in [9.17, 15) is 4.79 Å². The van der Waals surface area contributed by atoms with E-state index < -0.39 is 0 Å². The molecule has 2 heterocycles. The average Bonchev–Trinajstić information content (AvgIpc) is 3.03. The van der Waals surface area contributed by atoms with Crippen LogP contribution in [0.2, 0.25) is 0 Å². The van der Waals surface area contributed by atoms with Gasteiger partial charge in [-0.2, -0.15) is 0 Å². The lowest BCUT2D eigenvalue weighted by Crippen LogP contribution is -2.41. The molecule has 5 nitrogen and oxygen atoms in total. The number of nitrogens with zero attached hydrogens (tertiary/aromatic N) is 1. The van der Waals surface area contributed by atoms with Crippen LogP contribution in [-0.4, -0.2) is 23.5 Å². The summed E-state index contributed by atoms with van der Waals surface area (Å²) in [4.78, 5) is 17.5. The third-order valence-corrected chi connectivity index (χ3v) is 4.50. The molecule has 24 heavy (non-hydrogen) atoms. The Morgan fingerprint density at radius 2 is 2.00 bits per heavy atom. The number of amides is 1. The molecule has 0 aliphatic rings. The zero-order valence-corrected chi connectivity index (χ0v) is 16.7. The Morgan fingerprint density at radius 1 is 1.33 bits per heavy atom. The summed E-state index contributed by atoms with van der Waals surface area (Å²) >= 11 is 1.35. The Bertz CT molecular complexity index is 656. The van der Waals surface area contributed by atoms with Gasteiger partial charge in [0.05, 0.1) is 5.69 Å². The molecule has 0 fully saturated rings. The molecule has 136 valence electrons. The fourth-order valence-electron chi connectivity index (χ4n) is 2.30. The van der Waals surface area contributed by atoms with Crippen molar-refractivity contribution in [1.29, 1.82) is 0 Å². The van der Waals surface area contributed by atoms with Gasteiger partial charge in [-0.3, -0.25) is 4.79 Å². The third-order valence-electron chi connectivity index (χ3n) is 3.33. The van der Waals surface area contributed by atoms with Crippen LogP contribution < -0.4 is 11.1 Å². The van der Waals surface area contributed by atoms with Crippen LogP contribution in [0.3, 0.4) is 0 Å². The van der Waals surface area contributed by atoms with E-state index in [0.717, 1.165) is 17.2 Å². The van der Waals surface area contributed by atoms with Crippen LogP contribution in [0.4, 0.5) is 0 Å². The molecule has 0 bridgehead atoms. The number of thiazole rings is 1. The molecule has 0 saturated carbocycles. The second kappa shape index (κ2) is 10.0. The molecule has 1 atom stereocenters. The molecular formula is C16H25Cl2N3O2S. The molecule has 0 aliphatic heterocycles. The Kier molecular flexibility index (Phi) is 9.58. The Labute approximate surface area is 159 Å². The standard InChI is InChI=1S/C16H23N3O2S.2ClH/c1-9(2)7-12(8-17)19-15(20)14-11(4)18-16(22-14)13-6-5-10(3)21-13;;/h5-6,9,12H,7-8,17H2,1-4H3,(H,19,20);2*1H. The van der Waals surface area contributed by atoms with Crippen LogP contribution in [0.5, 0.6) is 0 Å². The minimum absolute atomic E-state index is 0. The predicted molar refractivity (Wildman–Crippen MR) is 104 cm³/mol. The number of nitrogens with one attached hydrogen (secondary N) is 1. The van der Waals surface area contributed by atoms with Gasteiger partial charge in [-0.25, -0.2) is 4.98 Å². The first-order valence-electron chi connectivity index (χ1n) is 7.45. The highest BCUT2D eigenvalue weighted by atomic mass is 35.5. The SMILES string of the molecule is Cc1ccc(-c2nc(C)c(C(=O)NC(CN)CC(C)C)s2)o1.Cl.Cl. The normalized spacial score (nSPS) is 11.6. The first-order valence-corrected chi connectivity index (χ1v) is 8.27. The molecular weight excluding hydrogens is 369 g/mol. The van der Waals surface area contributed by atoms with Crippen LogP contribution in [0.1, 0.15) is 41.4 Å². The van der Waals surface area contributed by atoms with Crippen LogP contribution in [0.15, 0.2) is 16.5 Å². The fraction of sp³-hybridized carbons (Fsp3) is 0.500. The van der Waals surface area contributed by atoms with Crippen molar-refractivity contribution >= 4 is 42.1 Å². The second-order valence-corrected chi connectivity index (χ2v) is 6.88. The lowest BCUT2D eigenvalue weighted by molar-refractivity contribution is 0.0937. The van der Waals surface area contributed by atoms with E-state index in [4.69, 9.17) is 10.2 Å². The highest BCUT2D eigenvalue weighted by Gasteiger charge is 2.20. The van der Waals surface area contributed by atoms with E-state index in [1.54, 1.807) is 0 Å². The lowest BCUT2D eigenvalue weighted by Gasteiger charge is -2.18. The van der Waals surface area contributed by atoms with Crippen molar-refractivity contribution in [3.8, 4) is 10.8 Å². The summed E-state index contributed by atoms with van der Waals surface area (Å²) in [5.41, 5.74) is 6.46. The van der Waals surface area contributed by atoms with Gasteiger partial charge in [-0.05, 0) is 38.3 Å². The van der Waals surface area contributed by atoms with Crippen molar-refractivity contribution < 1.29 is 9.21 Å². The van der Waals surface area contributed by atoms with Crippen LogP contribution >= 0.6 is 36.2 Å². The van der Waals surface area contributed by atoms with Gasteiger partial charge in [0.15, 0.2) is 10.8 Å². The predicted octanol–water partition coefficient (Wildman–Crippen LogP) is 3.97. The number of aromatic nitrogens is 1. The van der Waals surface area contributed by atoms with Gasteiger partial charge in [0.2, 0.25) is 0 Å². The lowest BCUT2D eigenvalue weighted by atomic mass is 10.0. The number of aryl methyl sites for hydroxylation is 2. The number of hydrogen-bond acceptors (Lipinski definition) is 5. The fourth-order valence-corrected chi connectivity index (χ4v) is 3.23. The smallest absolute Gasteiger partial charge is 0.263 e. The van der Waals surface area contributed by atoms with E-state index in [1.165, 1.54) is 11.3 Å². The maximum absolute atomic E-state index is 12.4. The molecule has 2 aromatic heterocycles. The van der Waals surface area contributed by atoms with Gasteiger partial charge in [0, 0.05) is 12.6 Å². The quantitative estimate of drug-likeness (QED) is 0.777. The van der Waals surface area contributed by atoms with Gasteiger partial charge in [-0.1, -0.05) is 13.8 Å². The van der Waals surface area contributed by atoms with Crippen molar-refractivity contribution in [2.75, 3.05) is 6.54 Å². The van der Waals surface area contributed by atoms with Gasteiger partial charge >= 0.3 is 0 Å². The largest absolute Gasteiger partial charge is 0.459 e. The topological polar surface area (TPSA) is 81.2 Å². The van der Waals surface area contributed by atoms with E-state index in [1.807, 2.05) is 26.0 Å². The second-order valence-electron chi connectivity index (χ2n) is 5.88. The summed E-state index contributed by atoms with van der Waals surface area (Å²) < 4.78 is 5.57. The van der Waals surface area contributed by atoms with Crippen molar-refractivity contribution in [1.82, 2.24) is 10.3 Å². The summed E-state index contributed by atoms with van der Waals surface area (Å²) in [6.45, 7) is 8.39. The summed E-state index contributed by atoms with van der Waals surface area (Å²) in [5.74, 6) is 1.90. The maximum atomic E-state index is 12.4. The minimum atomic E-state index is -0.111. The maximum Gasteiger partial charge on any atom is 0.263 e. The zero-order valence-electron chi connectivity index (χ0n) is 14.3. The number of nitrogens with two attached hydrogens (primary N) is 1. The molecule has 1 amide bonds. The summed E-state index contributed by atoms with van der Waals surface area (Å²) in [5, 5.41) is 3.73. The van der Waals surface area contributed by atoms with Crippen molar-refractivity contribution in [2.45, 2.75) is 40.2 Å². The molecule has 0 spiro atoms. The van der Waals surface area contributed by atoms with Crippen LogP contribution in [-0.2, 0) is 0 Å². The van der Waals surface area contributed by atoms with E-state index in [-0.39, 0.29) is 36.8 Å². The molecule has 0 radical (unpaired) electrons. The number of hydrogen-bond donors (Lipinski definition) is 2. The molecule has 2 aromatic rings. The van der Waals surface area contributed by atoms with Crippen LogP contribution in [0.25, 0.3) is 10.8 Å². The number of carbonyl (C=O) groups excluding carboxylic acids is 1. The highest BCUT2D eigenvalue weighted by molar-refractivity contribution is 7.17. The molecule has 0 aromatic carbocycles. The first kappa shape index (κ1) is 22.9. The van der Waals surface area contributed by atoms with E-state index in [0.29, 0.717) is 28.8 Å². The van der Waals surface area contributed by atoms with Crippen LogP contribution in [0, 0.1) is 19.8 Å². The van der Waals surface area contributed by atoms with Gasteiger partial charge in [0.25, 0.3) is 5.91 Å². The summed E-state index contributed by atoms with van der Waals surface area (Å²) in [6, 6.07) is 3.75. The summed E-state index contributed by atoms with van der Waals surface area (Å²) in [7, 11) is 0. The van der Waals surface area contributed by atoms with Gasteiger partial charge in [0.1, 0.15) is 10.6 Å². The first-order chi connectivity index (χ1) is 10.4. The van der Waals surface area contributed by atoms with Crippen molar-refractivity contribution in [2.24, 2.45) is 11.7 Å². The van der Waals surface area contributed by atoms with E-state index in [2.05, 4.69) is 24.1 Å². The minimum Gasteiger partial charge on any atom is -0.459 e. The van der Waals surface area contributed by atoms with Gasteiger partial charge < -0.3 is 15.5 Å². The monoisotopic (exact) mass is 393 g/mol. The zero-order chi connectivity index (χ0) is 16.3. The third kappa shape index (κ3) is 5.77. The Morgan fingerprint density at radius 3 is 2.50 bits per heavy atom. The molecule has 3 N–H and O–H groups in total. The van der Waals surface area contributed by atoms with Crippen molar-refractivity contribution in [3.63, 3.8) is 0 Å². The number of furan rings is 1. The van der Waals surface area contributed by atoms with E-state index >= 15 is 0 Å². The number of halogens is 2.